The van der Waals surface area contributed by atoms with Crippen molar-refractivity contribution in [1.82, 2.24) is 4.98 Å². The molecule has 0 amide bonds. The van der Waals surface area contributed by atoms with Gasteiger partial charge in [0.1, 0.15) is 11.4 Å². The maximum Gasteiger partial charge on any atom is 0.362 e. The van der Waals surface area contributed by atoms with Crippen LogP contribution in [0.4, 0.5) is 0 Å². The second-order valence-electron chi connectivity index (χ2n) is 5.29. The van der Waals surface area contributed by atoms with E-state index >= 15 is 0 Å². The topological polar surface area (TPSA) is 39.2 Å². The third kappa shape index (κ3) is 2.64. The van der Waals surface area contributed by atoms with E-state index in [1.54, 1.807) is 12.1 Å². The summed E-state index contributed by atoms with van der Waals surface area (Å²) in [6.45, 7) is 0. The van der Waals surface area contributed by atoms with Crippen LogP contribution in [0.2, 0.25) is 0 Å². The molecule has 0 spiro atoms. The van der Waals surface area contributed by atoms with Crippen molar-refractivity contribution in [2.24, 2.45) is 0 Å². The van der Waals surface area contributed by atoms with E-state index in [0.717, 1.165) is 21.7 Å². The van der Waals surface area contributed by atoms with Crippen LogP contribution in [-0.2, 0) is 0 Å². The number of aromatic nitrogens is 1. The number of carbonyl (C=O) groups excluding carboxylic acids is 1. The first-order chi connectivity index (χ1) is 11.3. The lowest BCUT2D eigenvalue weighted by Crippen LogP contribution is -2.10. The summed E-state index contributed by atoms with van der Waals surface area (Å²) >= 11 is 0. The second kappa shape index (κ2) is 5.54. The Balaban J connectivity index is 1.64. The van der Waals surface area contributed by atoms with Crippen LogP contribution in [0.3, 0.4) is 0 Å². The van der Waals surface area contributed by atoms with E-state index in [9.17, 15) is 4.79 Å². The summed E-state index contributed by atoms with van der Waals surface area (Å²) in [6, 6.07) is 24.8. The Labute approximate surface area is 133 Å². The molecule has 0 radical (unpaired) electrons. The van der Waals surface area contributed by atoms with Crippen molar-refractivity contribution >= 4 is 27.6 Å². The summed E-state index contributed by atoms with van der Waals surface area (Å²) in [6.07, 6.45) is 0. The molecule has 3 nitrogen and oxygen atoms in total. The number of fused-ring (bicyclic) bond motifs is 2. The smallest absolute Gasteiger partial charge is 0.362 e. The van der Waals surface area contributed by atoms with E-state index in [2.05, 4.69) is 4.98 Å². The molecule has 1 heterocycles. The van der Waals surface area contributed by atoms with Gasteiger partial charge in [0.05, 0.1) is 5.52 Å². The minimum atomic E-state index is -0.453. The van der Waals surface area contributed by atoms with E-state index in [1.807, 2.05) is 66.7 Å². The Morgan fingerprint density at radius 3 is 2.30 bits per heavy atom. The van der Waals surface area contributed by atoms with Crippen LogP contribution >= 0.6 is 0 Å². The third-order valence-electron chi connectivity index (χ3n) is 3.74. The molecule has 0 aliphatic heterocycles. The summed E-state index contributed by atoms with van der Waals surface area (Å²) in [7, 11) is 0. The fourth-order valence-corrected chi connectivity index (χ4v) is 2.57. The molecule has 0 saturated carbocycles. The van der Waals surface area contributed by atoms with Crippen molar-refractivity contribution in [3.05, 3.63) is 84.6 Å². The Bertz CT molecular complexity index is 1020. The highest BCUT2D eigenvalue weighted by Gasteiger charge is 2.11. The van der Waals surface area contributed by atoms with Gasteiger partial charge in [0.25, 0.3) is 0 Å². The molecule has 0 atom stereocenters. The summed E-state index contributed by atoms with van der Waals surface area (Å²) in [5.41, 5.74) is 1.08. The van der Waals surface area contributed by atoms with Gasteiger partial charge in [-0.3, -0.25) is 0 Å². The first kappa shape index (κ1) is 13.5. The fourth-order valence-electron chi connectivity index (χ4n) is 2.57. The summed E-state index contributed by atoms with van der Waals surface area (Å²) < 4.78 is 5.46. The molecule has 23 heavy (non-hydrogen) atoms. The first-order valence-corrected chi connectivity index (χ1v) is 7.36. The molecule has 3 heteroatoms. The van der Waals surface area contributed by atoms with Crippen LogP contribution in [0.5, 0.6) is 5.75 Å². The molecular weight excluding hydrogens is 286 g/mol. The summed E-state index contributed by atoms with van der Waals surface area (Å²) in [5.74, 6) is 0.0645. The normalized spacial score (nSPS) is 10.8. The van der Waals surface area contributed by atoms with Gasteiger partial charge in [-0.2, -0.15) is 0 Å². The number of carbonyl (C=O) groups is 1. The molecule has 1 aromatic heterocycles. The highest BCUT2D eigenvalue weighted by Crippen LogP contribution is 2.21. The Kier molecular flexibility index (Phi) is 3.24. The molecule has 0 unspecified atom stereocenters. The number of hydrogen-bond acceptors (Lipinski definition) is 3. The first-order valence-electron chi connectivity index (χ1n) is 7.36. The highest BCUT2D eigenvalue weighted by atomic mass is 16.5. The van der Waals surface area contributed by atoms with Gasteiger partial charge in [-0.1, -0.05) is 54.6 Å². The quantitative estimate of drug-likeness (QED) is 0.401. The number of ether oxygens (including phenoxy) is 1. The van der Waals surface area contributed by atoms with E-state index in [-0.39, 0.29) is 0 Å². The minimum absolute atomic E-state index is 0.303. The molecule has 110 valence electrons. The van der Waals surface area contributed by atoms with Gasteiger partial charge in [0.2, 0.25) is 0 Å². The van der Waals surface area contributed by atoms with Crippen molar-refractivity contribution in [2.45, 2.75) is 0 Å². The van der Waals surface area contributed by atoms with E-state index < -0.39 is 5.97 Å². The lowest BCUT2D eigenvalue weighted by atomic mass is 10.1. The molecule has 0 bridgehead atoms. The number of esters is 1. The number of benzene rings is 3. The van der Waals surface area contributed by atoms with Gasteiger partial charge >= 0.3 is 5.97 Å². The van der Waals surface area contributed by atoms with Crippen molar-refractivity contribution in [1.29, 1.82) is 0 Å². The second-order valence-corrected chi connectivity index (χ2v) is 5.29. The van der Waals surface area contributed by atoms with Crippen LogP contribution < -0.4 is 4.74 Å². The highest BCUT2D eigenvalue weighted by molar-refractivity contribution is 5.93. The van der Waals surface area contributed by atoms with Gasteiger partial charge in [-0.15, -0.1) is 0 Å². The lowest BCUT2D eigenvalue weighted by Gasteiger charge is -2.06. The molecule has 0 fully saturated rings. The SMILES string of the molecule is O=C(Oc1ccc2ccccc2c1)c1ccc2ccccc2n1. The van der Waals surface area contributed by atoms with Crippen LogP contribution in [-0.4, -0.2) is 11.0 Å². The third-order valence-corrected chi connectivity index (χ3v) is 3.74. The van der Waals surface area contributed by atoms with Crippen molar-refractivity contribution in [2.75, 3.05) is 0 Å². The van der Waals surface area contributed by atoms with Crippen LogP contribution in [0.15, 0.2) is 78.9 Å². The van der Waals surface area contributed by atoms with E-state index in [4.69, 9.17) is 4.74 Å². The maximum absolute atomic E-state index is 12.3. The minimum Gasteiger partial charge on any atom is -0.422 e. The molecule has 4 rings (SSSR count). The molecular formula is C20H13NO2. The Morgan fingerprint density at radius 1 is 0.739 bits per heavy atom. The summed E-state index contributed by atoms with van der Waals surface area (Å²) in [5, 5.41) is 3.13. The predicted octanol–water partition coefficient (Wildman–Crippen LogP) is 4.61. The van der Waals surface area contributed by atoms with Crippen LogP contribution in [0, 0.1) is 0 Å². The molecule has 4 aromatic rings. The molecule has 0 saturated heterocycles. The van der Waals surface area contributed by atoms with Crippen LogP contribution in [0.25, 0.3) is 21.7 Å². The average molecular weight is 299 g/mol. The van der Waals surface area contributed by atoms with Crippen molar-refractivity contribution in [3.8, 4) is 5.75 Å². The van der Waals surface area contributed by atoms with E-state index in [0.29, 0.717) is 11.4 Å². The van der Waals surface area contributed by atoms with Crippen molar-refractivity contribution in [3.63, 3.8) is 0 Å². The molecule has 3 aromatic carbocycles. The van der Waals surface area contributed by atoms with Gasteiger partial charge in [0.15, 0.2) is 0 Å². The molecule has 0 N–H and O–H groups in total. The van der Waals surface area contributed by atoms with E-state index in [1.165, 1.54) is 0 Å². The average Bonchev–Trinajstić information content (AvgIpc) is 2.61. The van der Waals surface area contributed by atoms with Gasteiger partial charge in [-0.05, 0) is 35.0 Å². The van der Waals surface area contributed by atoms with Gasteiger partial charge in [-0.25, -0.2) is 9.78 Å². The monoisotopic (exact) mass is 299 g/mol. The number of rotatable bonds is 2. The zero-order valence-electron chi connectivity index (χ0n) is 12.3. The largest absolute Gasteiger partial charge is 0.422 e. The number of pyridine rings is 1. The predicted molar refractivity (Wildman–Crippen MR) is 90.6 cm³/mol. The Hall–Kier alpha value is -3.20. The fraction of sp³-hybridized carbons (Fsp3) is 0. The van der Waals surface area contributed by atoms with Crippen LogP contribution in [0.1, 0.15) is 10.5 Å². The number of hydrogen-bond donors (Lipinski definition) is 0. The standard InChI is InChI=1S/C20H13NO2/c22-20(19-12-10-15-6-3-4-8-18(15)21-19)23-17-11-9-14-5-1-2-7-16(14)13-17/h1-13H. The maximum atomic E-state index is 12.3. The lowest BCUT2D eigenvalue weighted by molar-refractivity contribution is 0.0729. The summed E-state index contributed by atoms with van der Waals surface area (Å²) in [4.78, 5) is 16.7. The molecule has 0 aliphatic carbocycles. The number of para-hydroxylation sites is 1. The van der Waals surface area contributed by atoms with Gasteiger partial charge < -0.3 is 4.74 Å². The molecule has 0 aliphatic rings. The van der Waals surface area contributed by atoms with Gasteiger partial charge in [0, 0.05) is 5.39 Å². The Morgan fingerprint density at radius 2 is 1.43 bits per heavy atom. The zero-order chi connectivity index (χ0) is 15.6. The van der Waals surface area contributed by atoms with Crippen molar-refractivity contribution < 1.29 is 9.53 Å². The number of nitrogens with zero attached hydrogens (tertiary/aromatic N) is 1. The zero-order valence-corrected chi connectivity index (χ0v) is 12.3.